The lowest BCUT2D eigenvalue weighted by molar-refractivity contribution is -0.141. The number of carbonyl (C=O) groups is 4. The molecule has 0 saturated carbocycles. The fourth-order valence-electron chi connectivity index (χ4n) is 3.89. The zero-order valence-corrected chi connectivity index (χ0v) is 22.1. The summed E-state index contributed by atoms with van der Waals surface area (Å²) in [6.45, 7) is 7.49. The van der Waals surface area contributed by atoms with Crippen LogP contribution in [0.2, 0.25) is 0 Å². The Bertz CT molecular complexity index is 1090. The first-order valence-corrected chi connectivity index (χ1v) is 12.4. The van der Waals surface area contributed by atoms with Gasteiger partial charge in [-0.05, 0) is 36.0 Å². The van der Waals surface area contributed by atoms with Gasteiger partial charge in [0.05, 0.1) is 17.3 Å². The van der Waals surface area contributed by atoms with Crippen LogP contribution in [0, 0.1) is 11.8 Å². The van der Waals surface area contributed by atoms with Gasteiger partial charge in [-0.15, -0.1) is 0 Å². The number of amides is 3. The maximum Gasteiger partial charge on any atom is 0.337 e. The molecule has 9 heteroatoms. The number of carboxylic acid groups (broad SMARTS) is 1. The van der Waals surface area contributed by atoms with Gasteiger partial charge in [0.1, 0.15) is 12.1 Å². The zero-order chi connectivity index (χ0) is 27.7. The van der Waals surface area contributed by atoms with Crippen molar-refractivity contribution in [3.05, 3.63) is 65.7 Å². The summed E-state index contributed by atoms with van der Waals surface area (Å²) in [6.07, 6.45) is 0.547. The molecule has 3 amide bonds. The second-order valence-electron chi connectivity index (χ2n) is 9.96. The van der Waals surface area contributed by atoms with Gasteiger partial charge >= 0.3 is 5.97 Å². The van der Waals surface area contributed by atoms with E-state index in [-0.39, 0.29) is 35.4 Å². The number of nitrogens with zero attached hydrogens (tertiary/aromatic N) is 1. The molecular formula is C28H38N4O5. The van der Waals surface area contributed by atoms with Crippen molar-refractivity contribution < 1.29 is 24.3 Å². The van der Waals surface area contributed by atoms with Crippen molar-refractivity contribution in [1.29, 1.82) is 0 Å². The molecule has 0 radical (unpaired) electrons. The summed E-state index contributed by atoms with van der Waals surface area (Å²) in [5.74, 6) is -2.66. The van der Waals surface area contributed by atoms with E-state index in [9.17, 15) is 24.3 Å². The van der Waals surface area contributed by atoms with Crippen LogP contribution < -0.4 is 16.4 Å². The molecule has 3 unspecified atom stereocenters. The van der Waals surface area contributed by atoms with Gasteiger partial charge in [-0.3, -0.25) is 14.4 Å². The Labute approximate surface area is 218 Å². The molecule has 0 heterocycles. The van der Waals surface area contributed by atoms with Crippen LogP contribution in [0.5, 0.6) is 0 Å². The van der Waals surface area contributed by atoms with Crippen LogP contribution in [-0.2, 0) is 20.8 Å². The minimum atomic E-state index is -1.18. The summed E-state index contributed by atoms with van der Waals surface area (Å²) >= 11 is 0. The Morgan fingerprint density at radius 3 is 2.08 bits per heavy atom. The van der Waals surface area contributed by atoms with Gasteiger partial charge in [0.2, 0.25) is 17.7 Å². The number of nitrogens with two attached hydrogens (primary N) is 1. The number of hydrogen-bond acceptors (Lipinski definition) is 5. The molecule has 2 aromatic rings. The van der Waals surface area contributed by atoms with Crippen LogP contribution in [0.4, 0.5) is 5.69 Å². The molecule has 0 aromatic heterocycles. The van der Waals surface area contributed by atoms with E-state index in [0.717, 1.165) is 5.56 Å². The lowest BCUT2D eigenvalue weighted by atomic mass is 9.98. The van der Waals surface area contributed by atoms with Crippen molar-refractivity contribution in [2.45, 2.75) is 58.7 Å². The summed E-state index contributed by atoms with van der Waals surface area (Å²) < 4.78 is 0. The number of anilines is 1. The molecule has 5 N–H and O–H groups in total. The molecule has 2 rings (SSSR count). The lowest BCUT2D eigenvalue weighted by Crippen LogP contribution is -2.57. The standard InChI is InChI=1S/C28H38N4O5/c1-17(2)15-22(25(33)30-21-14-10-9-13-20(21)28(36)37)31-26(34)23(16-19-11-7-6-8-12-19)32(5)27(35)24(29)18(3)4/h6-14,17-18,22-24H,15-16,29H2,1-5H3,(H,30,33)(H,31,34)(H,36,37). The second kappa shape index (κ2) is 13.5. The smallest absolute Gasteiger partial charge is 0.337 e. The molecular weight excluding hydrogens is 472 g/mol. The minimum Gasteiger partial charge on any atom is -0.478 e. The molecule has 200 valence electrons. The lowest BCUT2D eigenvalue weighted by Gasteiger charge is -2.32. The number of carboxylic acids is 1. The van der Waals surface area contributed by atoms with E-state index in [1.165, 1.54) is 17.0 Å². The van der Waals surface area contributed by atoms with E-state index < -0.39 is 35.9 Å². The third kappa shape index (κ3) is 8.42. The molecule has 0 fully saturated rings. The largest absolute Gasteiger partial charge is 0.478 e. The molecule has 0 saturated heterocycles. The zero-order valence-electron chi connectivity index (χ0n) is 22.1. The van der Waals surface area contributed by atoms with Gasteiger partial charge in [-0.25, -0.2) is 4.79 Å². The van der Waals surface area contributed by atoms with Crippen LogP contribution in [0.15, 0.2) is 54.6 Å². The van der Waals surface area contributed by atoms with E-state index in [1.807, 2.05) is 58.0 Å². The topological polar surface area (TPSA) is 142 Å². The SMILES string of the molecule is CC(C)CC(NC(=O)C(Cc1ccccc1)N(C)C(=O)C(N)C(C)C)C(=O)Nc1ccccc1C(=O)O. The highest BCUT2D eigenvalue weighted by atomic mass is 16.4. The fraction of sp³-hybridized carbons (Fsp3) is 0.429. The highest BCUT2D eigenvalue weighted by Gasteiger charge is 2.33. The first kappa shape index (κ1) is 29.5. The molecule has 0 spiro atoms. The van der Waals surface area contributed by atoms with Crippen LogP contribution in [0.25, 0.3) is 0 Å². The number of likely N-dealkylation sites (N-methyl/N-ethyl adjacent to an activating group) is 1. The van der Waals surface area contributed by atoms with Crippen LogP contribution in [0.1, 0.15) is 50.0 Å². The van der Waals surface area contributed by atoms with Gasteiger partial charge < -0.3 is 26.4 Å². The van der Waals surface area contributed by atoms with Crippen LogP contribution in [-0.4, -0.2) is 58.9 Å². The maximum absolute atomic E-state index is 13.6. The van der Waals surface area contributed by atoms with E-state index in [0.29, 0.717) is 6.42 Å². The monoisotopic (exact) mass is 510 g/mol. The van der Waals surface area contributed by atoms with Crippen molar-refractivity contribution in [3.8, 4) is 0 Å². The number of rotatable bonds is 12. The highest BCUT2D eigenvalue weighted by Crippen LogP contribution is 2.17. The van der Waals surface area contributed by atoms with Crippen molar-refractivity contribution in [1.82, 2.24) is 10.2 Å². The maximum atomic E-state index is 13.6. The van der Waals surface area contributed by atoms with E-state index in [1.54, 1.807) is 19.2 Å². The van der Waals surface area contributed by atoms with Gasteiger partial charge in [-0.2, -0.15) is 0 Å². The third-order valence-corrected chi connectivity index (χ3v) is 6.15. The summed E-state index contributed by atoms with van der Waals surface area (Å²) in [6, 6.07) is 12.7. The number of benzene rings is 2. The van der Waals surface area contributed by atoms with E-state index in [4.69, 9.17) is 5.73 Å². The molecule has 0 aliphatic carbocycles. The van der Waals surface area contributed by atoms with Crippen molar-refractivity contribution in [3.63, 3.8) is 0 Å². The van der Waals surface area contributed by atoms with Crippen molar-refractivity contribution >= 4 is 29.4 Å². The van der Waals surface area contributed by atoms with Gasteiger partial charge in [-0.1, -0.05) is 70.2 Å². The number of carbonyl (C=O) groups excluding carboxylic acids is 3. The second-order valence-corrected chi connectivity index (χ2v) is 9.96. The third-order valence-electron chi connectivity index (χ3n) is 6.15. The molecule has 37 heavy (non-hydrogen) atoms. The highest BCUT2D eigenvalue weighted by molar-refractivity contribution is 6.03. The Kier molecular flexibility index (Phi) is 10.8. The first-order chi connectivity index (χ1) is 17.4. The van der Waals surface area contributed by atoms with Gasteiger partial charge in [0, 0.05) is 13.5 Å². The minimum absolute atomic E-state index is 0.0482. The Hall–Kier alpha value is -3.72. The predicted octanol–water partition coefficient (Wildman–Crippen LogP) is 2.91. The van der Waals surface area contributed by atoms with Crippen molar-refractivity contribution in [2.24, 2.45) is 17.6 Å². The Balaban J connectivity index is 2.33. The number of nitrogens with one attached hydrogen (secondary N) is 2. The van der Waals surface area contributed by atoms with Crippen molar-refractivity contribution in [2.75, 3.05) is 12.4 Å². The summed E-state index contributed by atoms with van der Waals surface area (Å²) in [5.41, 5.74) is 7.03. The van der Waals surface area contributed by atoms with Crippen LogP contribution in [0.3, 0.4) is 0 Å². The summed E-state index contributed by atoms with van der Waals surface area (Å²) in [5, 5.41) is 14.9. The molecule has 3 atom stereocenters. The molecule has 0 aliphatic rings. The van der Waals surface area contributed by atoms with Gasteiger partial charge in [0.25, 0.3) is 0 Å². The Morgan fingerprint density at radius 1 is 0.919 bits per heavy atom. The molecule has 2 aromatic carbocycles. The first-order valence-electron chi connectivity index (χ1n) is 12.4. The predicted molar refractivity (Wildman–Crippen MR) is 143 cm³/mol. The normalized spacial score (nSPS) is 13.5. The Morgan fingerprint density at radius 2 is 1.51 bits per heavy atom. The van der Waals surface area contributed by atoms with Crippen LogP contribution >= 0.6 is 0 Å². The average Bonchev–Trinajstić information content (AvgIpc) is 2.85. The van der Waals surface area contributed by atoms with E-state index >= 15 is 0 Å². The molecule has 9 nitrogen and oxygen atoms in total. The quantitative estimate of drug-likeness (QED) is 0.346. The average molecular weight is 511 g/mol. The van der Waals surface area contributed by atoms with E-state index in [2.05, 4.69) is 10.6 Å². The number of para-hydroxylation sites is 1. The fourth-order valence-corrected chi connectivity index (χ4v) is 3.89. The number of hydrogen-bond donors (Lipinski definition) is 4. The summed E-state index contributed by atoms with van der Waals surface area (Å²) in [7, 11) is 1.54. The molecule has 0 bridgehead atoms. The summed E-state index contributed by atoms with van der Waals surface area (Å²) in [4.78, 5) is 52.8. The molecule has 0 aliphatic heterocycles. The number of aromatic carboxylic acids is 1. The van der Waals surface area contributed by atoms with Gasteiger partial charge in [0.15, 0.2) is 0 Å².